The van der Waals surface area contributed by atoms with Crippen molar-refractivity contribution in [2.24, 2.45) is 0 Å². The highest BCUT2D eigenvalue weighted by Crippen LogP contribution is 2.38. The van der Waals surface area contributed by atoms with Gasteiger partial charge in [0.1, 0.15) is 18.4 Å². The molecule has 4 rings (SSSR count). The second-order valence-corrected chi connectivity index (χ2v) is 7.00. The van der Waals surface area contributed by atoms with Crippen LogP contribution in [-0.4, -0.2) is 18.1 Å². The first kappa shape index (κ1) is 18.7. The molecule has 1 aliphatic rings. The molecule has 1 N–H and O–H groups in total. The predicted octanol–water partition coefficient (Wildman–Crippen LogP) is 4.48. The largest absolute Gasteiger partial charge is 0.445 e. The zero-order chi connectivity index (χ0) is 20.2. The average molecular weight is 387 g/mol. The van der Waals surface area contributed by atoms with Crippen LogP contribution in [0.4, 0.5) is 4.79 Å². The maximum Gasteiger partial charge on any atom is 0.408 e. The monoisotopic (exact) mass is 387 g/mol. The van der Waals surface area contributed by atoms with Gasteiger partial charge < -0.3 is 14.8 Å². The number of carbonyl (C=O) groups excluding carboxylic acids is 2. The van der Waals surface area contributed by atoms with Crippen molar-refractivity contribution in [2.45, 2.75) is 26.0 Å². The Balaban J connectivity index is 1.32. The summed E-state index contributed by atoms with van der Waals surface area (Å²) in [4.78, 5) is 24.3. The van der Waals surface area contributed by atoms with Gasteiger partial charge in [-0.15, -0.1) is 0 Å². The average Bonchev–Trinajstić information content (AvgIpc) is 3.10. The van der Waals surface area contributed by atoms with Crippen molar-refractivity contribution in [1.29, 1.82) is 0 Å². The van der Waals surface area contributed by atoms with Crippen LogP contribution in [0.1, 0.15) is 23.6 Å². The molecule has 0 fully saturated rings. The van der Waals surface area contributed by atoms with Gasteiger partial charge in [-0.25, -0.2) is 9.59 Å². The summed E-state index contributed by atoms with van der Waals surface area (Å²) in [6.07, 6.45) is 0.152. The van der Waals surface area contributed by atoms with Crippen LogP contribution in [0.2, 0.25) is 0 Å². The van der Waals surface area contributed by atoms with Gasteiger partial charge in [0.15, 0.2) is 0 Å². The van der Waals surface area contributed by atoms with Gasteiger partial charge in [-0.3, -0.25) is 0 Å². The molecule has 146 valence electrons. The van der Waals surface area contributed by atoms with Gasteiger partial charge in [0.05, 0.1) is 0 Å². The van der Waals surface area contributed by atoms with E-state index in [1.165, 1.54) is 11.1 Å². The number of benzene rings is 3. The Morgan fingerprint density at radius 3 is 2.48 bits per heavy atom. The third-order valence-corrected chi connectivity index (χ3v) is 4.88. The Bertz CT molecular complexity index is 1050. The Labute approximate surface area is 169 Å². The number of hydrogen-bond donors (Lipinski definition) is 1. The van der Waals surface area contributed by atoms with E-state index < -0.39 is 18.1 Å². The molecule has 3 aromatic rings. The van der Waals surface area contributed by atoms with Crippen molar-refractivity contribution < 1.29 is 19.1 Å². The summed E-state index contributed by atoms with van der Waals surface area (Å²) in [5, 5.41) is 2.50. The number of carbonyl (C=O) groups is 2. The van der Waals surface area contributed by atoms with E-state index in [0.717, 1.165) is 23.1 Å². The first-order valence-electron chi connectivity index (χ1n) is 9.50. The summed E-state index contributed by atoms with van der Waals surface area (Å²) in [7, 11) is 0. The third kappa shape index (κ3) is 4.29. The van der Waals surface area contributed by atoms with Crippen molar-refractivity contribution in [3.05, 3.63) is 89.5 Å². The van der Waals surface area contributed by atoms with Gasteiger partial charge in [0.2, 0.25) is 0 Å². The summed E-state index contributed by atoms with van der Waals surface area (Å²) < 4.78 is 10.6. The molecule has 1 aliphatic carbocycles. The lowest BCUT2D eigenvalue weighted by Crippen LogP contribution is -2.41. The van der Waals surface area contributed by atoms with Crippen LogP contribution in [-0.2, 0) is 22.6 Å². The number of amides is 1. The Morgan fingerprint density at radius 1 is 0.931 bits per heavy atom. The van der Waals surface area contributed by atoms with E-state index in [1.807, 2.05) is 54.6 Å². The van der Waals surface area contributed by atoms with Crippen molar-refractivity contribution >= 4 is 12.1 Å². The molecule has 0 saturated carbocycles. The maximum atomic E-state index is 12.3. The molecule has 5 nitrogen and oxygen atoms in total. The topological polar surface area (TPSA) is 64.6 Å². The highest BCUT2D eigenvalue weighted by molar-refractivity contribution is 5.83. The summed E-state index contributed by atoms with van der Waals surface area (Å²) in [6.45, 7) is 1.70. The van der Waals surface area contributed by atoms with Crippen molar-refractivity contribution in [1.82, 2.24) is 5.32 Å². The van der Waals surface area contributed by atoms with Gasteiger partial charge in [-0.2, -0.15) is 0 Å². The zero-order valence-corrected chi connectivity index (χ0v) is 16.1. The van der Waals surface area contributed by atoms with Gasteiger partial charge in [0, 0.05) is 0 Å². The molecule has 29 heavy (non-hydrogen) atoms. The highest BCUT2D eigenvalue weighted by Gasteiger charge is 2.21. The molecule has 0 spiro atoms. The number of hydrogen-bond acceptors (Lipinski definition) is 4. The third-order valence-electron chi connectivity index (χ3n) is 4.88. The molecule has 0 aliphatic heterocycles. The van der Waals surface area contributed by atoms with E-state index in [0.29, 0.717) is 5.75 Å². The Hall–Kier alpha value is -3.60. The molecular formula is C24H21NO4. The van der Waals surface area contributed by atoms with Crippen LogP contribution in [0, 0.1) is 0 Å². The fourth-order valence-corrected chi connectivity index (χ4v) is 3.39. The minimum Gasteiger partial charge on any atom is -0.445 e. The number of rotatable bonds is 5. The van der Waals surface area contributed by atoms with Gasteiger partial charge in [-0.1, -0.05) is 60.7 Å². The lowest BCUT2D eigenvalue weighted by molar-refractivity contribution is -0.136. The van der Waals surface area contributed by atoms with Crippen LogP contribution in [0.15, 0.2) is 72.8 Å². The fraction of sp³-hybridized carbons (Fsp3) is 0.167. The summed E-state index contributed by atoms with van der Waals surface area (Å²) in [6, 6.07) is 22.4. The normalized spacial score (nSPS) is 12.4. The number of nitrogens with one attached hydrogen (secondary N) is 1. The number of esters is 1. The van der Waals surface area contributed by atoms with E-state index >= 15 is 0 Å². The predicted molar refractivity (Wildman–Crippen MR) is 110 cm³/mol. The lowest BCUT2D eigenvalue weighted by atomic mass is 10.1. The fourth-order valence-electron chi connectivity index (χ4n) is 3.39. The van der Waals surface area contributed by atoms with Crippen molar-refractivity contribution in [2.75, 3.05) is 0 Å². The smallest absolute Gasteiger partial charge is 0.408 e. The number of fused-ring (bicyclic) bond motifs is 3. The van der Waals surface area contributed by atoms with E-state index in [2.05, 4.69) is 17.4 Å². The molecule has 0 saturated heterocycles. The highest BCUT2D eigenvalue weighted by atomic mass is 16.6. The molecule has 1 atom stereocenters. The minimum absolute atomic E-state index is 0.139. The lowest BCUT2D eigenvalue weighted by Gasteiger charge is -2.14. The van der Waals surface area contributed by atoms with E-state index in [9.17, 15) is 9.59 Å². The van der Waals surface area contributed by atoms with E-state index in [-0.39, 0.29) is 6.61 Å². The van der Waals surface area contributed by atoms with Crippen molar-refractivity contribution in [3.63, 3.8) is 0 Å². The molecule has 3 aromatic carbocycles. The zero-order valence-electron chi connectivity index (χ0n) is 16.1. The van der Waals surface area contributed by atoms with E-state index in [4.69, 9.17) is 9.47 Å². The van der Waals surface area contributed by atoms with Crippen LogP contribution in [0.25, 0.3) is 11.1 Å². The minimum atomic E-state index is -0.830. The molecule has 1 amide bonds. The van der Waals surface area contributed by atoms with E-state index in [1.54, 1.807) is 13.0 Å². The number of alkyl carbamates (subject to hydrolysis) is 1. The first-order chi connectivity index (χ1) is 14.1. The standard InChI is InChI=1S/C24H21NO4/c1-16(25-24(27)28-15-17-7-3-2-4-8-17)23(26)29-20-11-12-22-19(14-20)13-18-9-5-6-10-21(18)22/h2-12,14,16H,13,15H2,1H3,(H,25,27)/t16-/m1/s1. The van der Waals surface area contributed by atoms with Gasteiger partial charge in [-0.05, 0) is 53.3 Å². The number of ether oxygens (including phenoxy) is 2. The second-order valence-electron chi connectivity index (χ2n) is 7.00. The molecule has 0 bridgehead atoms. The van der Waals surface area contributed by atoms with Crippen LogP contribution in [0.5, 0.6) is 5.75 Å². The van der Waals surface area contributed by atoms with Crippen LogP contribution >= 0.6 is 0 Å². The summed E-state index contributed by atoms with van der Waals surface area (Å²) >= 11 is 0. The van der Waals surface area contributed by atoms with Crippen LogP contribution < -0.4 is 10.1 Å². The second kappa shape index (κ2) is 8.19. The first-order valence-corrected chi connectivity index (χ1v) is 9.50. The van der Waals surface area contributed by atoms with Gasteiger partial charge >= 0.3 is 12.1 Å². The van der Waals surface area contributed by atoms with Gasteiger partial charge in [0.25, 0.3) is 0 Å². The molecular weight excluding hydrogens is 366 g/mol. The summed E-state index contributed by atoms with van der Waals surface area (Å²) in [5.41, 5.74) is 5.64. The maximum absolute atomic E-state index is 12.3. The quantitative estimate of drug-likeness (QED) is 0.405. The molecule has 0 aromatic heterocycles. The Morgan fingerprint density at radius 2 is 1.66 bits per heavy atom. The summed E-state index contributed by atoms with van der Waals surface area (Å²) in [5.74, 6) is -0.0787. The van der Waals surface area contributed by atoms with Crippen LogP contribution in [0.3, 0.4) is 0 Å². The SMILES string of the molecule is C[C@@H](NC(=O)OCc1ccccc1)C(=O)Oc1ccc2c(c1)Cc1ccccc1-2. The Kier molecular flexibility index (Phi) is 5.29. The molecule has 0 unspecified atom stereocenters. The molecule has 0 radical (unpaired) electrons. The molecule has 5 heteroatoms. The molecule has 0 heterocycles. The van der Waals surface area contributed by atoms with Crippen molar-refractivity contribution in [3.8, 4) is 16.9 Å².